The second kappa shape index (κ2) is 5.50. The van der Waals surface area contributed by atoms with Crippen LogP contribution in [0.3, 0.4) is 0 Å². The molecule has 1 aliphatic heterocycles. The van der Waals surface area contributed by atoms with E-state index in [9.17, 15) is 0 Å². The third-order valence-corrected chi connectivity index (χ3v) is 6.11. The molecule has 3 fully saturated rings. The molecule has 0 radical (unpaired) electrons. The molecule has 0 atom stereocenters. The first-order chi connectivity index (χ1) is 8.39. The maximum absolute atomic E-state index is 3.71. The van der Waals surface area contributed by atoms with Gasteiger partial charge in [-0.05, 0) is 62.9 Å². The van der Waals surface area contributed by atoms with Crippen LogP contribution in [0, 0.1) is 11.3 Å². The summed E-state index contributed by atoms with van der Waals surface area (Å²) in [6, 6.07) is 0. The maximum atomic E-state index is 3.71. The average molecular weight is 254 g/mol. The molecule has 3 aliphatic rings. The summed E-state index contributed by atoms with van der Waals surface area (Å²) in [5.74, 6) is 2.41. The fourth-order valence-electron chi connectivity index (χ4n) is 3.18. The Morgan fingerprint density at radius 3 is 2.53 bits per heavy atom. The first-order valence-electron chi connectivity index (χ1n) is 7.42. The lowest BCUT2D eigenvalue weighted by molar-refractivity contribution is 0.410. The van der Waals surface area contributed by atoms with Gasteiger partial charge in [-0.25, -0.2) is 0 Å². The van der Waals surface area contributed by atoms with Crippen LogP contribution in [0.2, 0.25) is 0 Å². The summed E-state index contributed by atoms with van der Waals surface area (Å²) in [4.78, 5) is 0. The zero-order valence-corrected chi connectivity index (χ0v) is 11.7. The van der Waals surface area contributed by atoms with Crippen LogP contribution in [-0.2, 0) is 0 Å². The van der Waals surface area contributed by atoms with Gasteiger partial charge in [0, 0.05) is 24.1 Å². The number of hydrogen-bond donors (Lipinski definition) is 2. The van der Waals surface area contributed by atoms with E-state index in [1.54, 1.807) is 0 Å². The number of rotatable bonds is 7. The third-order valence-electron chi connectivity index (χ3n) is 4.73. The van der Waals surface area contributed by atoms with Crippen LogP contribution in [0.1, 0.15) is 38.5 Å². The summed E-state index contributed by atoms with van der Waals surface area (Å²) in [7, 11) is 0. The molecule has 0 aromatic carbocycles. The highest BCUT2D eigenvalue weighted by Crippen LogP contribution is 2.60. The molecule has 1 saturated heterocycles. The van der Waals surface area contributed by atoms with E-state index >= 15 is 0 Å². The fourth-order valence-corrected chi connectivity index (χ4v) is 4.35. The monoisotopic (exact) mass is 254 g/mol. The number of piperidine rings is 1. The maximum Gasteiger partial charge on any atom is 0.00716 e. The van der Waals surface area contributed by atoms with Crippen LogP contribution in [0.25, 0.3) is 0 Å². The molecule has 0 unspecified atom stereocenters. The predicted molar refractivity (Wildman–Crippen MR) is 75.6 cm³/mol. The molecule has 2 nitrogen and oxygen atoms in total. The Bertz CT molecular complexity index is 243. The van der Waals surface area contributed by atoms with Gasteiger partial charge < -0.3 is 10.6 Å². The van der Waals surface area contributed by atoms with Gasteiger partial charge in [0.05, 0.1) is 0 Å². The van der Waals surface area contributed by atoms with Gasteiger partial charge in [-0.3, -0.25) is 0 Å². The zero-order valence-electron chi connectivity index (χ0n) is 10.8. The Hall–Kier alpha value is 0.270. The first kappa shape index (κ1) is 12.3. The molecule has 3 heteroatoms. The molecule has 0 aromatic heterocycles. The second-order valence-corrected chi connectivity index (χ2v) is 7.54. The lowest BCUT2D eigenvalue weighted by Gasteiger charge is -2.22. The quantitative estimate of drug-likeness (QED) is 0.682. The Morgan fingerprint density at radius 1 is 1.12 bits per heavy atom. The molecule has 17 heavy (non-hydrogen) atoms. The lowest BCUT2D eigenvalue weighted by atomic mass is 10.0. The largest absolute Gasteiger partial charge is 0.317 e. The van der Waals surface area contributed by atoms with E-state index in [2.05, 4.69) is 22.4 Å². The van der Waals surface area contributed by atoms with Crippen LogP contribution in [0.15, 0.2) is 0 Å². The molecule has 2 aliphatic carbocycles. The topological polar surface area (TPSA) is 24.1 Å². The molecule has 0 aromatic rings. The van der Waals surface area contributed by atoms with E-state index in [0.29, 0.717) is 0 Å². The Balaban J connectivity index is 1.23. The van der Waals surface area contributed by atoms with Gasteiger partial charge in [0.2, 0.25) is 0 Å². The van der Waals surface area contributed by atoms with Crippen molar-refractivity contribution in [1.82, 2.24) is 10.6 Å². The summed E-state index contributed by atoms with van der Waals surface area (Å²) in [5.41, 5.74) is 0.777. The highest BCUT2D eigenvalue weighted by Gasteiger charge is 2.52. The van der Waals surface area contributed by atoms with Crippen molar-refractivity contribution < 1.29 is 0 Å². The van der Waals surface area contributed by atoms with E-state index in [-0.39, 0.29) is 0 Å². The molecule has 2 N–H and O–H groups in total. The Kier molecular flexibility index (Phi) is 3.98. The average Bonchev–Trinajstić information content (AvgIpc) is 3.23. The predicted octanol–water partition coefficient (Wildman–Crippen LogP) is 2.25. The minimum Gasteiger partial charge on any atom is -0.317 e. The van der Waals surface area contributed by atoms with Crippen LogP contribution in [-0.4, -0.2) is 37.2 Å². The zero-order chi connectivity index (χ0) is 11.6. The van der Waals surface area contributed by atoms with Crippen molar-refractivity contribution in [2.75, 3.05) is 31.9 Å². The van der Waals surface area contributed by atoms with Gasteiger partial charge >= 0.3 is 0 Å². The van der Waals surface area contributed by atoms with Crippen LogP contribution in [0.5, 0.6) is 0 Å². The van der Waals surface area contributed by atoms with Crippen LogP contribution in [0.4, 0.5) is 0 Å². The Labute approximate surface area is 110 Å². The molecule has 2 saturated carbocycles. The molecule has 0 spiro atoms. The van der Waals surface area contributed by atoms with Crippen molar-refractivity contribution in [3.63, 3.8) is 0 Å². The molecular formula is C14H26N2S. The lowest BCUT2D eigenvalue weighted by Crippen LogP contribution is -2.31. The van der Waals surface area contributed by atoms with E-state index in [1.807, 2.05) is 0 Å². The third kappa shape index (κ3) is 3.39. The van der Waals surface area contributed by atoms with Crippen molar-refractivity contribution in [1.29, 1.82) is 0 Å². The smallest absolute Gasteiger partial charge is 0.00716 e. The van der Waals surface area contributed by atoms with E-state index in [0.717, 1.165) is 16.6 Å². The van der Waals surface area contributed by atoms with E-state index in [4.69, 9.17) is 0 Å². The SMILES string of the molecule is C1CC(SCCNCC2(C3CC3)CC2)CCN1. The van der Waals surface area contributed by atoms with Crippen molar-refractivity contribution in [2.24, 2.45) is 11.3 Å². The summed E-state index contributed by atoms with van der Waals surface area (Å²) < 4.78 is 0. The molecule has 0 bridgehead atoms. The molecular weight excluding hydrogens is 228 g/mol. The minimum absolute atomic E-state index is 0.777. The number of nitrogens with one attached hydrogen (secondary N) is 2. The van der Waals surface area contributed by atoms with Gasteiger partial charge in [0.1, 0.15) is 0 Å². The van der Waals surface area contributed by atoms with Crippen molar-refractivity contribution in [3.8, 4) is 0 Å². The summed E-state index contributed by atoms with van der Waals surface area (Å²) in [6.45, 7) is 5.00. The Morgan fingerprint density at radius 2 is 1.88 bits per heavy atom. The molecule has 3 rings (SSSR count). The minimum atomic E-state index is 0.777. The standard InChI is InChI=1S/C14H26N2S/c1-2-12(1)14(5-6-14)11-16-9-10-17-13-3-7-15-8-4-13/h12-13,15-16H,1-11H2. The van der Waals surface area contributed by atoms with Gasteiger partial charge in [-0.1, -0.05) is 0 Å². The highest BCUT2D eigenvalue weighted by atomic mass is 32.2. The van der Waals surface area contributed by atoms with Crippen molar-refractivity contribution in [2.45, 2.75) is 43.8 Å². The van der Waals surface area contributed by atoms with Crippen molar-refractivity contribution >= 4 is 11.8 Å². The first-order valence-corrected chi connectivity index (χ1v) is 8.47. The number of thioether (sulfide) groups is 1. The van der Waals surface area contributed by atoms with Crippen LogP contribution >= 0.6 is 11.8 Å². The van der Waals surface area contributed by atoms with E-state index in [1.165, 1.54) is 70.5 Å². The normalized spacial score (nSPS) is 28.2. The highest BCUT2D eigenvalue weighted by molar-refractivity contribution is 7.99. The van der Waals surface area contributed by atoms with Crippen LogP contribution < -0.4 is 10.6 Å². The van der Waals surface area contributed by atoms with E-state index < -0.39 is 0 Å². The molecule has 98 valence electrons. The second-order valence-electron chi connectivity index (χ2n) is 6.13. The summed E-state index contributed by atoms with van der Waals surface area (Å²) in [6.07, 6.45) is 8.79. The molecule has 1 heterocycles. The summed E-state index contributed by atoms with van der Waals surface area (Å²) in [5, 5.41) is 8.07. The summed E-state index contributed by atoms with van der Waals surface area (Å²) >= 11 is 2.19. The fraction of sp³-hybridized carbons (Fsp3) is 1.00. The van der Waals surface area contributed by atoms with Gasteiger partial charge in [0.25, 0.3) is 0 Å². The number of hydrogen-bond acceptors (Lipinski definition) is 3. The molecule has 0 amide bonds. The van der Waals surface area contributed by atoms with Gasteiger partial charge in [-0.2, -0.15) is 11.8 Å². The van der Waals surface area contributed by atoms with Gasteiger partial charge in [0.15, 0.2) is 0 Å². The van der Waals surface area contributed by atoms with Gasteiger partial charge in [-0.15, -0.1) is 0 Å². The van der Waals surface area contributed by atoms with Crippen molar-refractivity contribution in [3.05, 3.63) is 0 Å².